The van der Waals surface area contributed by atoms with E-state index in [1.807, 2.05) is 65.7 Å². The van der Waals surface area contributed by atoms with Gasteiger partial charge in [-0.15, -0.1) is 0 Å². The highest BCUT2D eigenvalue weighted by Gasteiger charge is 2.32. The second-order valence-electron chi connectivity index (χ2n) is 5.22. The fourth-order valence-electron chi connectivity index (χ4n) is 2.61. The molecular formula is C18H18N2O3. The predicted octanol–water partition coefficient (Wildman–Crippen LogP) is 2.53. The van der Waals surface area contributed by atoms with Crippen molar-refractivity contribution in [3.63, 3.8) is 0 Å². The molecule has 1 atom stereocenters. The Morgan fingerprint density at radius 3 is 2.43 bits per heavy atom. The summed E-state index contributed by atoms with van der Waals surface area (Å²) in [5.41, 5.74) is 2.38. The molecule has 0 radical (unpaired) electrons. The van der Waals surface area contributed by atoms with Crippen LogP contribution in [0.3, 0.4) is 0 Å². The third kappa shape index (κ3) is 3.40. The number of aliphatic hydroxyl groups excluding tert-OH is 1. The van der Waals surface area contributed by atoms with Crippen LogP contribution in [0.1, 0.15) is 18.0 Å². The first kappa shape index (κ1) is 15.2. The Balaban J connectivity index is 1.89. The van der Waals surface area contributed by atoms with E-state index >= 15 is 0 Å². The summed E-state index contributed by atoms with van der Waals surface area (Å²) in [4.78, 5) is 12.1. The van der Waals surface area contributed by atoms with Crippen molar-refractivity contribution in [2.24, 2.45) is 5.10 Å². The van der Waals surface area contributed by atoms with Crippen LogP contribution in [-0.4, -0.2) is 30.0 Å². The molecule has 0 amide bonds. The van der Waals surface area contributed by atoms with E-state index < -0.39 is 5.97 Å². The minimum atomic E-state index is -0.474. The van der Waals surface area contributed by atoms with Gasteiger partial charge in [-0.05, 0) is 17.7 Å². The number of rotatable bonds is 5. The highest BCUT2D eigenvalue weighted by atomic mass is 16.5. The summed E-state index contributed by atoms with van der Waals surface area (Å²) in [5, 5.41) is 15.1. The molecule has 1 heterocycles. The number of para-hydroxylation sites is 1. The first-order valence-electron chi connectivity index (χ1n) is 7.54. The van der Waals surface area contributed by atoms with E-state index in [2.05, 4.69) is 5.10 Å². The summed E-state index contributed by atoms with van der Waals surface area (Å²) in [6.45, 7) is -0.206. The third-order valence-electron chi connectivity index (χ3n) is 3.68. The van der Waals surface area contributed by atoms with Gasteiger partial charge in [0.1, 0.15) is 12.3 Å². The van der Waals surface area contributed by atoms with Gasteiger partial charge in [-0.2, -0.15) is 5.10 Å². The molecule has 5 heteroatoms. The predicted molar refractivity (Wildman–Crippen MR) is 88.2 cm³/mol. The molecule has 2 aromatic rings. The maximum absolute atomic E-state index is 12.1. The van der Waals surface area contributed by atoms with Gasteiger partial charge in [0.05, 0.1) is 18.3 Å². The van der Waals surface area contributed by atoms with Crippen LogP contribution in [0.5, 0.6) is 0 Å². The van der Waals surface area contributed by atoms with Gasteiger partial charge in [0.2, 0.25) is 0 Å². The molecule has 1 aliphatic heterocycles. The summed E-state index contributed by atoms with van der Waals surface area (Å²) in [5.74, 6) is -0.474. The fourth-order valence-corrected chi connectivity index (χ4v) is 2.61. The highest BCUT2D eigenvalue weighted by Crippen LogP contribution is 2.35. The van der Waals surface area contributed by atoms with Crippen LogP contribution < -0.4 is 5.01 Å². The van der Waals surface area contributed by atoms with Crippen LogP contribution in [0, 0.1) is 0 Å². The van der Waals surface area contributed by atoms with Gasteiger partial charge in [0.25, 0.3) is 0 Å². The number of ether oxygens (including phenoxy) is 1. The lowest BCUT2D eigenvalue weighted by atomic mass is 10.0. The summed E-state index contributed by atoms with van der Waals surface area (Å²) in [7, 11) is 0. The zero-order chi connectivity index (χ0) is 16.1. The number of hydrogen-bond donors (Lipinski definition) is 1. The number of hydrazone groups is 1. The molecule has 23 heavy (non-hydrogen) atoms. The fraction of sp³-hybridized carbons (Fsp3) is 0.222. The molecule has 0 aliphatic carbocycles. The number of anilines is 1. The second-order valence-corrected chi connectivity index (χ2v) is 5.22. The van der Waals surface area contributed by atoms with Gasteiger partial charge in [0.15, 0.2) is 0 Å². The Labute approximate surface area is 134 Å². The first-order valence-corrected chi connectivity index (χ1v) is 7.54. The summed E-state index contributed by atoms with van der Waals surface area (Å²) >= 11 is 0. The highest BCUT2D eigenvalue weighted by molar-refractivity contribution is 6.37. The second kappa shape index (κ2) is 7.07. The van der Waals surface area contributed by atoms with Crippen LogP contribution in [0.2, 0.25) is 0 Å². The van der Waals surface area contributed by atoms with Gasteiger partial charge in [-0.3, -0.25) is 5.01 Å². The van der Waals surface area contributed by atoms with Crippen LogP contribution in [0.4, 0.5) is 5.69 Å². The average molecular weight is 310 g/mol. The Morgan fingerprint density at radius 1 is 1.13 bits per heavy atom. The third-order valence-corrected chi connectivity index (χ3v) is 3.68. The summed E-state index contributed by atoms with van der Waals surface area (Å²) < 4.78 is 5.00. The molecule has 1 aliphatic rings. The van der Waals surface area contributed by atoms with Crippen LogP contribution in [-0.2, 0) is 9.53 Å². The molecule has 0 spiro atoms. The van der Waals surface area contributed by atoms with Crippen molar-refractivity contribution in [3.8, 4) is 0 Å². The number of benzene rings is 2. The molecule has 0 bridgehead atoms. The summed E-state index contributed by atoms with van der Waals surface area (Å²) in [6, 6.07) is 19.7. The van der Waals surface area contributed by atoms with Crippen LogP contribution in [0.25, 0.3) is 0 Å². The Kier molecular flexibility index (Phi) is 4.68. The minimum absolute atomic E-state index is 0.0147. The molecule has 3 rings (SSSR count). The van der Waals surface area contributed by atoms with Gasteiger partial charge < -0.3 is 9.84 Å². The van der Waals surface area contributed by atoms with Crippen molar-refractivity contribution in [2.45, 2.75) is 12.5 Å². The lowest BCUT2D eigenvalue weighted by Crippen LogP contribution is -2.19. The van der Waals surface area contributed by atoms with E-state index in [9.17, 15) is 4.79 Å². The quantitative estimate of drug-likeness (QED) is 0.862. The number of esters is 1. The average Bonchev–Trinajstić information content (AvgIpc) is 3.06. The number of carbonyl (C=O) groups excluding carboxylic acids is 1. The molecule has 5 nitrogen and oxygen atoms in total. The standard InChI is InChI=1S/C18H18N2O3/c21-11-12-23-18(22)16-13-17(14-7-3-1-4-8-14)20(19-16)15-9-5-2-6-10-15/h1-10,17,21H,11-13H2. The van der Waals surface area contributed by atoms with Crippen LogP contribution >= 0.6 is 0 Å². The number of hydrogen-bond acceptors (Lipinski definition) is 5. The number of nitrogens with zero attached hydrogens (tertiary/aromatic N) is 2. The lowest BCUT2D eigenvalue weighted by Gasteiger charge is -2.23. The topological polar surface area (TPSA) is 62.1 Å². The van der Waals surface area contributed by atoms with Crippen molar-refractivity contribution >= 4 is 17.4 Å². The molecule has 1 unspecified atom stereocenters. The van der Waals surface area contributed by atoms with E-state index in [1.165, 1.54) is 0 Å². The largest absolute Gasteiger partial charge is 0.459 e. The zero-order valence-corrected chi connectivity index (χ0v) is 12.6. The molecule has 118 valence electrons. The molecule has 1 N–H and O–H groups in total. The molecule has 0 saturated carbocycles. The van der Waals surface area contributed by atoms with E-state index in [4.69, 9.17) is 9.84 Å². The van der Waals surface area contributed by atoms with Crippen molar-refractivity contribution in [1.82, 2.24) is 0 Å². The lowest BCUT2D eigenvalue weighted by molar-refractivity contribution is -0.136. The van der Waals surface area contributed by atoms with E-state index in [1.54, 1.807) is 0 Å². The van der Waals surface area contributed by atoms with Crippen molar-refractivity contribution < 1.29 is 14.6 Å². The van der Waals surface area contributed by atoms with Crippen LogP contribution in [0.15, 0.2) is 65.8 Å². The van der Waals surface area contributed by atoms with Gasteiger partial charge >= 0.3 is 5.97 Å². The molecule has 0 aromatic heterocycles. The Hall–Kier alpha value is -2.66. The van der Waals surface area contributed by atoms with Gasteiger partial charge in [-0.1, -0.05) is 48.5 Å². The molecular weight excluding hydrogens is 292 g/mol. The maximum atomic E-state index is 12.1. The number of aliphatic hydroxyl groups is 1. The Morgan fingerprint density at radius 2 is 1.78 bits per heavy atom. The number of carbonyl (C=O) groups is 1. The van der Waals surface area contributed by atoms with Crippen molar-refractivity contribution in [3.05, 3.63) is 66.2 Å². The van der Waals surface area contributed by atoms with E-state index in [-0.39, 0.29) is 19.3 Å². The first-order chi connectivity index (χ1) is 11.3. The van der Waals surface area contributed by atoms with Gasteiger partial charge in [0, 0.05) is 6.42 Å². The maximum Gasteiger partial charge on any atom is 0.354 e. The van der Waals surface area contributed by atoms with E-state index in [0.29, 0.717) is 12.1 Å². The minimum Gasteiger partial charge on any atom is -0.459 e. The van der Waals surface area contributed by atoms with Crippen molar-refractivity contribution in [1.29, 1.82) is 0 Å². The summed E-state index contributed by atoms with van der Waals surface area (Å²) in [6.07, 6.45) is 0.475. The SMILES string of the molecule is O=C(OCCO)C1=NN(c2ccccc2)C(c2ccccc2)C1. The molecule has 2 aromatic carbocycles. The van der Waals surface area contributed by atoms with Crippen molar-refractivity contribution in [2.75, 3.05) is 18.2 Å². The molecule has 0 fully saturated rings. The Bertz CT molecular complexity index is 686. The smallest absolute Gasteiger partial charge is 0.354 e. The monoisotopic (exact) mass is 310 g/mol. The van der Waals surface area contributed by atoms with E-state index in [0.717, 1.165) is 11.3 Å². The van der Waals surface area contributed by atoms with Gasteiger partial charge in [-0.25, -0.2) is 4.79 Å². The normalized spacial score (nSPS) is 17.0. The molecule has 0 saturated heterocycles. The zero-order valence-electron chi connectivity index (χ0n) is 12.6.